The molecule has 0 aliphatic carbocycles. The maximum absolute atomic E-state index is 5.75. The fourth-order valence-electron chi connectivity index (χ4n) is 1.40. The highest BCUT2D eigenvalue weighted by Crippen LogP contribution is 2.25. The van der Waals surface area contributed by atoms with Gasteiger partial charge in [-0.15, -0.1) is 0 Å². The average molecular weight is 237 g/mol. The molecule has 3 heteroatoms. The number of ether oxygens (including phenoxy) is 2. The first-order valence-electron chi connectivity index (χ1n) is 6.26. The van der Waals surface area contributed by atoms with Crippen LogP contribution in [0.15, 0.2) is 18.2 Å². The van der Waals surface area contributed by atoms with E-state index in [2.05, 4.69) is 20.8 Å². The van der Waals surface area contributed by atoms with E-state index in [9.17, 15) is 0 Å². The van der Waals surface area contributed by atoms with Crippen LogP contribution in [-0.2, 0) is 6.54 Å². The van der Waals surface area contributed by atoms with Gasteiger partial charge in [-0.3, -0.25) is 0 Å². The lowest BCUT2D eigenvalue weighted by Crippen LogP contribution is -2.08. The van der Waals surface area contributed by atoms with Gasteiger partial charge in [0.25, 0.3) is 0 Å². The third kappa shape index (κ3) is 4.65. The highest BCUT2D eigenvalue weighted by atomic mass is 16.5. The van der Waals surface area contributed by atoms with Crippen LogP contribution < -0.4 is 15.2 Å². The van der Waals surface area contributed by atoms with Gasteiger partial charge in [-0.1, -0.05) is 26.8 Å². The third-order valence-corrected chi connectivity index (χ3v) is 2.30. The van der Waals surface area contributed by atoms with E-state index in [1.54, 1.807) is 0 Å². The summed E-state index contributed by atoms with van der Waals surface area (Å²) >= 11 is 0. The van der Waals surface area contributed by atoms with Crippen LogP contribution in [0.25, 0.3) is 0 Å². The van der Waals surface area contributed by atoms with Crippen molar-refractivity contribution in [2.45, 2.75) is 33.7 Å². The molecule has 0 aromatic heterocycles. The Bertz CT molecular complexity index is 337. The van der Waals surface area contributed by atoms with Crippen LogP contribution in [0, 0.1) is 5.92 Å². The van der Waals surface area contributed by atoms with Crippen molar-refractivity contribution in [2.24, 2.45) is 11.7 Å². The summed E-state index contributed by atoms with van der Waals surface area (Å²) in [5, 5.41) is 0. The molecule has 0 saturated heterocycles. The summed E-state index contributed by atoms with van der Waals surface area (Å²) in [6.45, 7) is 8.25. The van der Waals surface area contributed by atoms with Crippen LogP contribution in [0.3, 0.4) is 0 Å². The minimum absolute atomic E-state index is 0.488. The molecule has 2 N–H and O–H groups in total. The molecule has 0 spiro atoms. The summed E-state index contributed by atoms with van der Waals surface area (Å²) in [7, 11) is 0. The minimum atomic E-state index is 0.488. The Kier molecular flexibility index (Phi) is 5.84. The summed E-state index contributed by atoms with van der Waals surface area (Å²) in [6, 6.07) is 5.85. The largest absolute Gasteiger partial charge is 0.493 e. The monoisotopic (exact) mass is 237 g/mol. The summed E-state index contributed by atoms with van der Waals surface area (Å²) in [6.07, 6.45) is 1.00. The second-order valence-corrected chi connectivity index (χ2v) is 4.53. The maximum atomic E-state index is 5.75. The highest BCUT2D eigenvalue weighted by Gasteiger charge is 2.06. The predicted molar refractivity (Wildman–Crippen MR) is 70.5 cm³/mol. The second kappa shape index (κ2) is 7.17. The molecule has 96 valence electrons. The lowest BCUT2D eigenvalue weighted by molar-refractivity contribution is 0.264. The van der Waals surface area contributed by atoms with E-state index in [1.165, 1.54) is 0 Å². The summed E-state index contributed by atoms with van der Waals surface area (Å²) in [5.74, 6) is 2.19. The average Bonchev–Trinajstić information content (AvgIpc) is 2.33. The Balaban J connectivity index is 2.75. The zero-order chi connectivity index (χ0) is 12.7. The maximum Gasteiger partial charge on any atom is 0.127 e. The van der Waals surface area contributed by atoms with E-state index in [-0.39, 0.29) is 0 Å². The number of nitrogens with two attached hydrogens (primary N) is 1. The minimum Gasteiger partial charge on any atom is -0.493 e. The van der Waals surface area contributed by atoms with Crippen LogP contribution in [0.1, 0.15) is 32.8 Å². The quantitative estimate of drug-likeness (QED) is 0.793. The van der Waals surface area contributed by atoms with Crippen molar-refractivity contribution in [3.63, 3.8) is 0 Å². The van der Waals surface area contributed by atoms with Gasteiger partial charge in [0.15, 0.2) is 0 Å². The van der Waals surface area contributed by atoms with Gasteiger partial charge in [-0.25, -0.2) is 0 Å². The first-order chi connectivity index (χ1) is 8.17. The molecule has 0 aliphatic heterocycles. The first-order valence-corrected chi connectivity index (χ1v) is 6.26. The van der Waals surface area contributed by atoms with Crippen LogP contribution in [0.5, 0.6) is 11.5 Å². The molecular formula is C14H23NO2. The zero-order valence-corrected chi connectivity index (χ0v) is 11.0. The summed E-state index contributed by atoms with van der Waals surface area (Å²) in [4.78, 5) is 0. The van der Waals surface area contributed by atoms with E-state index in [4.69, 9.17) is 15.2 Å². The van der Waals surface area contributed by atoms with Gasteiger partial charge < -0.3 is 15.2 Å². The van der Waals surface area contributed by atoms with E-state index in [1.807, 2.05) is 18.2 Å². The Morgan fingerprint density at radius 3 is 2.59 bits per heavy atom. The summed E-state index contributed by atoms with van der Waals surface area (Å²) in [5.41, 5.74) is 6.71. The van der Waals surface area contributed by atoms with Crippen molar-refractivity contribution in [1.29, 1.82) is 0 Å². The molecule has 0 saturated carbocycles. The molecule has 0 fully saturated rings. The molecule has 0 atom stereocenters. The van der Waals surface area contributed by atoms with E-state index in [0.717, 1.165) is 30.1 Å². The van der Waals surface area contributed by atoms with Gasteiger partial charge in [0.2, 0.25) is 0 Å². The van der Waals surface area contributed by atoms with Crippen molar-refractivity contribution in [3.05, 3.63) is 23.8 Å². The predicted octanol–water partition coefficient (Wildman–Crippen LogP) is 2.97. The number of hydrogen-bond acceptors (Lipinski definition) is 3. The fourth-order valence-corrected chi connectivity index (χ4v) is 1.40. The van der Waals surface area contributed by atoms with Gasteiger partial charge >= 0.3 is 0 Å². The molecule has 0 bridgehead atoms. The van der Waals surface area contributed by atoms with Crippen molar-refractivity contribution in [2.75, 3.05) is 13.2 Å². The lowest BCUT2D eigenvalue weighted by Gasteiger charge is -2.14. The van der Waals surface area contributed by atoms with Crippen molar-refractivity contribution in [1.82, 2.24) is 0 Å². The molecule has 0 heterocycles. The number of rotatable bonds is 7. The molecule has 0 unspecified atom stereocenters. The number of benzene rings is 1. The molecular weight excluding hydrogens is 214 g/mol. The lowest BCUT2D eigenvalue weighted by atomic mass is 10.2. The molecule has 0 amide bonds. The SMILES string of the molecule is CCCOc1ccc(CN)c(OCC(C)C)c1. The Hall–Kier alpha value is -1.22. The standard InChI is InChI=1S/C14H23NO2/c1-4-7-16-13-6-5-12(9-15)14(8-13)17-10-11(2)3/h5-6,8,11H,4,7,9-10,15H2,1-3H3. The molecule has 1 aromatic rings. The van der Waals surface area contributed by atoms with E-state index >= 15 is 0 Å². The Morgan fingerprint density at radius 1 is 1.24 bits per heavy atom. The summed E-state index contributed by atoms with van der Waals surface area (Å²) < 4.78 is 11.3. The van der Waals surface area contributed by atoms with Crippen LogP contribution in [0.4, 0.5) is 0 Å². The topological polar surface area (TPSA) is 44.5 Å². The van der Waals surface area contributed by atoms with Crippen molar-refractivity contribution in [3.8, 4) is 11.5 Å². The fraction of sp³-hybridized carbons (Fsp3) is 0.571. The zero-order valence-electron chi connectivity index (χ0n) is 11.0. The molecule has 1 rings (SSSR count). The Labute approximate surface area is 104 Å². The molecule has 3 nitrogen and oxygen atoms in total. The van der Waals surface area contributed by atoms with Gasteiger partial charge in [0.05, 0.1) is 13.2 Å². The van der Waals surface area contributed by atoms with Crippen LogP contribution >= 0.6 is 0 Å². The molecule has 17 heavy (non-hydrogen) atoms. The second-order valence-electron chi connectivity index (χ2n) is 4.53. The van der Waals surface area contributed by atoms with Crippen molar-refractivity contribution < 1.29 is 9.47 Å². The Morgan fingerprint density at radius 2 is 2.00 bits per heavy atom. The van der Waals surface area contributed by atoms with E-state index in [0.29, 0.717) is 19.1 Å². The highest BCUT2D eigenvalue weighted by molar-refractivity contribution is 5.40. The van der Waals surface area contributed by atoms with Gasteiger partial charge in [-0.2, -0.15) is 0 Å². The van der Waals surface area contributed by atoms with Gasteiger partial charge in [0.1, 0.15) is 11.5 Å². The van der Waals surface area contributed by atoms with E-state index < -0.39 is 0 Å². The smallest absolute Gasteiger partial charge is 0.127 e. The van der Waals surface area contributed by atoms with Crippen LogP contribution in [-0.4, -0.2) is 13.2 Å². The van der Waals surface area contributed by atoms with Gasteiger partial charge in [-0.05, 0) is 18.4 Å². The number of hydrogen-bond donors (Lipinski definition) is 1. The molecule has 0 radical (unpaired) electrons. The first kappa shape index (κ1) is 13.8. The third-order valence-electron chi connectivity index (χ3n) is 2.30. The molecule has 0 aliphatic rings. The van der Waals surface area contributed by atoms with Gasteiger partial charge in [0, 0.05) is 18.2 Å². The van der Waals surface area contributed by atoms with Crippen molar-refractivity contribution >= 4 is 0 Å². The normalized spacial score (nSPS) is 10.6. The molecule has 1 aromatic carbocycles. The van der Waals surface area contributed by atoms with Crippen LogP contribution in [0.2, 0.25) is 0 Å².